The van der Waals surface area contributed by atoms with Gasteiger partial charge < -0.3 is 9.84 Å². The molecule has 0 atom stereocenters. The predicted molar refractivity (Wildman–Crippen MR) is 111 cm³/mol. The summed E-state index contributed by atoms with van der Waals surface area (Å²) in [5.74, 6) is 0.0392. The number of ether oxygens (including phenoxy) is 1. The molecule has 140 valence electrons. The van der Waals surface area contributed by atoms with Gasteiger partial charge in [0.25, 0.3) is 0 Å². The van der Waals surface area contributed by atoms with Gasteiger partial charge >= 0.3 is 5.97 Å². The molecular weight excluding hydrogens is 426 g/mol. The Hall–Kier alpha value is -2.18. The van der Waals surface area contributed by atoms with Crippen molar-refractivity contribution in [2.24, 2.45) is 0 Å². The van der Waals surface area contributed by atoms with Crippen LogP contribution in [-0.2, 0) is 17.8 Å². The van der Waals surface area contributed by atoms with Crippen LogP contribution < -0.4 is 4.74 Å². The summed E-state index contributed by atoms with van der Waals surface area (Å²) in [5.41, 5.74) is 6.25. The molecule has 0 amide bonds. The molecule has 3 rings (SSSR count). The third-order valence-corrected chi connectivity index (χ3v) is 5.81. The third kappa shape index (κ3) is 4.76. The lowest BCUT2D eigenvalue weighted by molar-refractivity contribution is -0.136. The fraction of sp³-hybridized carbons (Fsp3) is 0.238. The van der Waals surface area contributed by atoms with Crippen molar-refractivity contribution >= 4 is 33.4 Å². The number of carboxylic acids is 1. The maximum Gasteiger partial charge on any atom is 0.303 e. The summed E-state index contributed by atoms with van der Waals surface area (Å²) < 4.78 is 11.6. The van der Waals surface area contributed by atoms with E-state index in [9.17, 15) is 4.79 Å². The zero-order chi connectivity index (χ0) is 19.4. The van der Waals surface area contributed by atoms with Gasteiger partial charge in [-0.3, -0.25) is 4.79 Å². The number of aromatic nitrogens is 1. The summed E-state index contributed by atoms with van der Waals surface area (Å²) in [5, 5.41) is 10.9. The van der Waals surface area contributed by atoms with Crippen LogP contribution in [0.4, 0.5) is 0 Å². The summed E-state index contributed by atoms with van der Waals surface area (Å²) in [7, 11) is 0. The van der Waals surface area contributed by atoms with Gasteiger partial charge in [0.2, 0.25) is 0 Å². The first-order valence-corrected chi connectivity index (χ1v) is 10.2. The molecule has 0 saturated carbocycles. The minimum absolute atomic E-state index is 0.137. The topological polar surface area (TPSA) is 59.4 Å². The number of carbonyl (C=O) groups is 1. The van der Waals surface area contributed by atoms with E-state index in [-0.39, 0.29) is 6.42 Å². The second-order valence-electron chi connectivity index (χ2n) is 6.35. The molecule has 6 heteroatoms. The van der Waals surface area contributed by atoms with Crippen molar-refractivity contribution in [2.75, 3.05) is 0 Å². The zero-order valence-electron chi connectivity index (χ0n) is 15.2. The highest BCUT2D eigenvalue weighted by Crippen LogP contribution is 2.29. The normalized spacial score (nSPS) is 10.8. The van der Waals surface area contributed by atoms with Gasteiger partial charge in [-0.1, -0.05) is 34.1 Å². The molecule has 0 aliphatic rings. The van der Waals surface area contributed by atoms with Gasteiger partial charge in [-0.05, 0) is 66.7 Å². The Bertz CT molecular complexity index is 951. The molecule has 0 unspecified atom stereocenters. The van der Waals surface area contributed by atoms with Gasteiger partial charge in [-0.2, -0.15) is 4.37 Å². The molecule has 0 radical (unpaired) electrons. The van der Waals surface area contributed by atoms with E-state index in [4.69, 9.17) is 9.84 Å². The largest absolute Gasteiger partial charge is 0.489 e. The average molecular weight is 446 g/mol. The van der Waals surface area contributed by atoms with E-state index >= 15 is 0 Å². The van der Waals surface area contributed by atoms with E-state index in [1.54, 1.807) is 0 Å². The third-order valence-electron chi connectivity index (χ3n) is 4.60. The van der Waals surface area contributed by atoms with E-state index in [1.807, 2.05) is 55.6 Å². The first-order chi connectivity index (χ1) is 13.0. The smallest absolute Gasteiger partial charge is 0.303 e. The molecule has 0 saturated heterocycles. The highest BCUT2D eigenvalue weighted by molar-refractivity contribution is 9.10. The maximum atomic E-state index is 10.8. The highest BCUT2D eigenvalue weighted by atomic mass is 79.9. The fourth-order valence-corrected chi connectivity index (χ4v) is 3.83. The van der Waals surface area contributed by atoms with Crippen LogP contribution >= 0.6 is 27.5 Å². The number of rotatable bonds is 7. The van der Waals surface area contributed by atoms with E-state index < -0.39 is 5.97 Å². The Morgan fingerprint density at radius 1 is 1.11 bits per heavy atom. The Kier molecular flexibility index (Phi) is 6.29. The monoisotopic (exact) mass is 445 g/mol. The van der Waals surface area contributed by atoms with Gasteiger partial charge in [-0.25, -0.2) is 0 Å². The SMILES string of the molecule is Cc1c(CCC(=O)O)ccc(OCc2csnc2-c2ccc(Br)cc2)c1C. The van der Waals surface area contributed by atoms with Gasteiger partial charge in [0.1, 0.15) is 12.4 Å². The molecule has 4 nitrogen and oxygen atoms in total. The molecular formula is C21H20BrNO3S. The number of aryl methyl sites for hydroxylation is 1. The quantitative estimate of drug-likeness (QED) is 0.500. The number of carboxylic acid groups (broad SMARTS) is 1. The van der Waals surface area contributed by atoms with Gasteiger partial charge in [0, 0.05) is 27.4 Å². The predicted octanol–water partition coefficient (Wildman–Crippen LogP) is 5.79. The van der Waals surface area contributed by atoms with Crippen molar-refractivity contribution in [2.45, 2.75) is 33.3 Å². The summed E-state index contributed by atoms with van der Waals surface area (Å²) in [4.78, 5) is 10.8. The molecule has 0 spiro atoms. The van der Waals surface area contributed by atoms with E-state index in [2.05, 4.69) is 20.3 Å². The van der Waals surface area contributed by atoms with E-state index in [0.29, 0.717) is 13.0 Å². The molecule has 0 aliphatic heterocycles. The van der Waals surface area contributed by atoms with Crippen LogP contribution in [0.25, 0.3) is 11.3 Å². The van der Waals surface area contributed by atoms with E-state index in [0.717, 1.165) is 43.7 Å². The standard InChI is InChI=1S/C21H20BrNO3S/c1-13-14(2)19(9-5-15(13)6-10-20(24)25)26-11-17-12-27-23-21(17)16-3-7-18(22)8-4-16/h3-5,7-9,12H,6,10-11H2,1-2H3,(H,24,25). The average Bonchev–Trinajstić information content (AvgIpc) is 3.11. The van der Waals surface area contributed by atoms with Gasteiger partial charge in [-0.15, -0.1) is 0 Å². The molecule has 3 aromatic rings. The summed E-state index contributed by atoms with van der Waals surface area (Å²) >= 11 is 4.88. The molecule has 27 heavy (non-hydrogen) atoms. The minimum atomic E-state index is -0.780. The number of benzene rings is 2. The van der Waals surface area contributed by atoms with Crippen molar-refractivity contribution in [3.63, 3.8) is 0 Å². The molecule has 2 aromatic carbocycles. The lowest BCUT2D eigenvalue weighted by atomic mass is 9.99. The minimum Gasteiger partial charge on any atom is -0.489 e. The number of hydrogen-bond donors (Lipinski definition) is 1. The van der Waals surface area contributed by atoms with Crippen LogP contribution in [-0.4, -0.2) is 15.4 Å². The van der Waals surface area contributed by atoms with Crippen LogP contribution in [0.15, 0.2) is 46.3 Å². The second-order valence-corrected chi connectivity index (χ2v) is 7.90. The molecule has 0 bridgehead atoms. The van der Waals surface area contributed by atoms with Gasteiger partial charge in [0.05, 0.1) is 5.69 Å². The maximum absolute atomic E-state index is 10.8. The van der Waals surface area contributed by atoms with Crippen molar-refractivity contribution in [3.8, 4) is 17.0 Å². The Labute approximate surface area is 171 Å². The van der Waals surface area contributed by atoms with Crippen molar-refractivity contribution < 1.29 is 14.6 Å². The Morgan fingerprint density at radius 2 is 1.85 bits per heavy atom. The number of nitrogens with zero attached hydrogens (tertiary/aromatic N) is 1. The number of aliphatic carboxylic acids is 1. The van der Waals surface area contributed by atoms with E-state index in [1.165, 1.54) is 11.5 Å². The first kappa shape index (κ1) is 19.6. The summed E-state index contributed by atoms with van der Waals surface area (Å²) in [6.07, 6.45) is 0.669. The molecule has 1 heterocycles. The molecule has 1 aromatic heterocycles. The molecule has 1 N–H and O–H groups in total. The Balaban J connectivity index is 1.74. The second kappa shape index (κ2) is 8.67. The van der Waals surface area contributed by atoms with Crippen molar-refractivity contribution in [1.82, 2.24) is 4.37 Å². The van der Waals surface area contributed by atoms with Crippen LogP contribution in [0.2, 0.25) is 0 Å². The lowest BCUT2D eigenvalue weighted by Crippen LogP contribution is -2.03. The summed E-state index contributed by atoms with van der Waals surface area (Å²) in [6, 6.07) is 12.0. The van der Waals surface area contributed by atoms with Crippen LogP contribution in [0.3, 0.4) is 0 Å². The molecule has 0 fully saturated rings. The fourth-order valence-electron chi connectivity index (χ4n) is 2.88. The summed E-state index contributed by atoms with van der Waals surface area (Å²) in [6.45, 7) is 4.46. The Morgan fingerprint density at radius 3 is 2.56 bits per heavy atom. The number of hydrogen-bond acceptors (Lipinski definition) is 4. The van der Waals surface area contributed by atoms with Crippen LogP contribution in [0.5, 0.6) is 5.75 Å². The van der Waals surface area contributed by atoms with Crippen molar-refractivity contribution in [3.05, 3.63) is 68.5 Å². The first-order valence-electron chi connectivity index (χ1n) is 8.58. The highest BCUT2D eigenvalue weighted by Gasteiger charge is 2.12. The number of halogens is 1. The van der Waals surface area contributed by atoms with Crippen LogP contribution in [0, 0.1) is 13.8 Å². The van der Waals surface area contributed by atoms with Gasteiger partial charge in [0.15, 0.2) is 0 Å². The lowest BCUT2D eigenvalue weighted by Gasteiger charge is -2.14. The van der Waals surface area contributed by atoms with Crippen molar-refractivity contribution in [1.29, 1.82) is 0 Å². The zero-order valence-corrected chi connectivity index (χ0v) is 17.6. The molecule has 0 aliphatic carbocycles. The van der Waals surface area contributed by atoms with Crippen LogP contribution in [0.1, 0.15) is 28.7 Å².